The Balaban J connectivity index is 2.97. The quantitative estimate of drug-likeness (QED) is 0.741. The van der Waals surface area contributed by atoms with E-state index >= 15 is 0 Å². The van der Waals surface area contributed by atoms with Crippen LogP contribution in [0.2, 0.25) is 5.02 Å². The highest BCUT2D eigenvalue weighted by Crippen LogP contribution is 2.24. The maximum atomic E-state index is 12.5. The second-order valence-electron chi connectivity index (χ2n) is 4.81. The number of carbonyl (C=O) groups excluding carboxylic acids is 1. The summed E-state index contributed by atoms with van der Waals surface area (Å²) in [6.45, 7) is 3.32. The van der Waals surface area contributed by atoms with Crippen molar-refractivity contribution in [3.8, 4) is 0 Å². The van der Waals surface area contributed by atoms with Gasteiger partial charge in [-0.2, -0.15) is 0 Å². The molecule has 118 valence electrons. The van der Waals surface area contributed by atoms with Gasteiger partial charge in [-0.25, -0.2) is 8.42 Å². The number of hydrogen-bond donors (Lipinski definition) is 0. The first kappa shape index (κ1) is 18.3. The molecule has 1 aromatic carbocycles. The van der Waals surface area contributed by atoms with Crippen LogP contribution in [-0.2, 0) is 9.84 Å². The predicted molar refractivity (Wildman–Crippen MR) is 89.1 cm³/mol. The Morgan fingerprint density at radius 2 is 2.05 bits per heavy atom. The van der Waals surface area contributed by atoms with E-state index in [1.165, 1.54) is 16.7 Å². The highest BCUT2D eigenvalue weighted by atomic mass is 35.5. The van der Waals surface area contributed by atoms with E-state index in [1.54, 1.807) is 33.0 Å². The topological polar surface area (TPSA) is 54.5 Å². The lowest BCUT2D eigenvalue weighted by atomic mass is 10.2. The Hall–Kier alpha value is -0.720. The molecule has 0 radical (unpaired) electrons. The first-order valence-electron chi connectivity index (χ1n) is 6.53. The zero-order valence-corrected chi connectivity index (χ0v) is 15.0. The van der Waals surface area contributed by atoms with Crippen molar-refractivity contribution in [3.05, 3.63) is 28.8 Å². The smallest absolute Gasteiger partial charge is 0.255 e. The largest absolute Gasteiger partial charge is 0.338 e. The molecule has 7 heteroatoms. The number of benzene rings is 1. The van der Waals surface area contributed by atoms with Gasteiger partial charge in [-0.1, -0.05) is 18.5 Å². The van der Waals surface area contributed by atoms with E-state index in [-0.39, 0.29) is 17.4 Å². The summed E-state index contributed by atoms with van der Waals surface area (Å²) in [6.07, 6.45) is 1.91. The molecule has 21 heavy (non-hydrogen) atoms. The van der Waals surface area contributed by atoms with Crippen LogP contribution in [0.4, 0.5) is 0 Å². The zero-order chi connectivity index (χ0) is 16.2. The molecule has 0 N–H and O–H groups in total. The zero-order valence-electron chi connectivity index (χ0n) is 12.6. The number of hydrogen-bond acceptors (Lipinski definition) is 4. The summed E-state index contributed by atoms with van der Waals surface area (Å²) in [5.41, 5.74) is 0.395. The molecule has 0 fully saturated rings. The van der Waals surface area contributed by atoms with Crippen LogP contribution in [0.3, 0.4) is 0 Å². The SMILES string of the molecule is CCS(=O)(=O)CC(C)N(C)C(=O)c1cc(SC)ccc1Cl. The standard InChI is InChI=1S/C14H20ClNO3S2/c1-5-21(18,19)9-10(2)16(3)14(17)12-8-11(20-4)6-7-13(12)15/h6-8,10H,5,9H2,1-4H3. The second-order valence-corrected chi connectivity index (χ2v) is 8.49. The van der Waals surface area contributed by atoms with E-state index in [0.29, 0.717) is 10.6 Å². The molecule has 0 aliphatic heterocycles. The number of amides is 1. The van der Waals surface area contributed by atoms with Gasteiger partial charge in [0.25, 0.3) is 5.91 Å². The van der Waals surface area contributed by atoms with Gasteiger partial charge in [0.1, 0.15) is 0 Å². The lowest BCUT2D eigenvalue weighted by Gasteiger charge is -2.25. The van der Waals surface area contributed by atoms with E-state index < -0.39 is 15.9 Å². The van der Waals surface area contributed by atoms with Crippen molar-refractivity contribution in [1.82, 2.24) is 4.90 Å². The van der Waals surface area contributed by atoms with E-state index in [1.807, 2.05) is 12.3 Å². The van der Waals surface area contributed by atoms with Crippen molar-refractivity contribution in [2.45, 2.75) is 24.8 Å². The predicted octanol–water partition coefficient (Wildman–Crippen LogP) is 2.96. The van der Waals surface area contributed by atoms with Crippen molar-refractivity contribution >= 4 is 39.1 Å². The molecular weight excluding hydrogens is 330 g/mol. The van der Waals surface area contributed by atoms with Crippen LogP contribution in [0, 0.1) is 0 Å². The van der Waals surface area contributed by atoms with Crippen molar-refractivity contribution in [2.24, 2.45) is 0 Å². The molecule has 0 aliphatic rings. The molecule has 0 saturated heterocycles. The molecular formula is C14H20ClNO3S2. The van der Waals surface area contributed by atoms with E-state index in [4.69, 9.17) is 11.6 Å². The van der Waals surface area contributed by atoms with Crippen molar-refractivity contribution in [1.29, 1.82) is 0 Å². The third kappa shape index (κ3) is 4.90. The van der Waals surface area contributed by atoms with Gasteiger partial charge in [0, 0.05) is 23.7 Å². The van der Waals surface area contributed by atoms with E-state index in [9.17, 15) is 13.2 Å². The molecule has 0 spiro atoms. The first-order valence-corrected chi connectivity index (χ1v) is 9.95. The lowest BCUT2D eigenvalue weighted by molar-refractivity contribution is 0.0756. The van der Waals surface area contributed by atoms with Gasteiger partial charge in [-0.3, -0.25) is 4.79 Å². The van der Waals surface area contributed by atoms with Crippen LogP contribution >= 0.6 is 23.4 Å². The van der Waals surface area contributed by atoms with Gasteiger partial charge < -0.3 is 4.90 Å². The normalized spacial score (nSPS) is 13.0. The Morgan fingerprint density at radius 3 is 2.57 bits per heavy atom. The molecule has 1 aromatic rings. The maximum Gasteiger partial charge on any atom is 0.255 e. The van der Waals surface area contributed by atoms with Crippen molar-refractivity contribution in [2.75, 3.05) is 24.8 Å². The second kappa shape index (κ2) is 7.51. The number of sulfone groups is 1. The average molecular weight is 350 g/mol. The minimum Gasteiger partial charge on any atom is -0.338 e. The number of nitrogens with zero attached hydrogens (tertiary/aromatic N) is 1. The van der Waals surface area contributed by atoms with Gasteiger partial charge in [0.2, 0.25) is 0 Å². The number of thioether (sulfide) groups is 1. The van der Waals surface area contributed by atoms with Crippen LogP contribution in [0.1, 0.15) is 24.2 Å². The minimum atomic E-state index is -3.13. The Morgan fingerprint density at radius 1 is 1.43 bits per heavy atom. The summed E-state index contributed by atoms with van der Waals surface area (Å²) < 4.78 is 23.3. The minimum absolute atomic E-state index is 0.0500. The molecule has 1 unspecified atom stereocenters. The lowest BCUT2D eigenvalue weighted by Crippen LogP contribution is -2.39. The summed E-state index contributed by atoms with van der Waals surface area (Å²) in [5, 5.41) is 0.371. The summed E-state index contributed by atoms with van der Waals surface area (Å²) >= 11 is 7.60. The first-order chi connectivity index (χ1) is 9.71. The van der Waals surface area contributed by atoms with Gasteiger partial charge >= 0.3 is 0 Å². The molecule has 0 aliphatic carbocycles. The highest BCUT2D eigenvalue weighted by molar-refractivity contribution is 7.98. The van der Waals surface area contributed by atoms with Gasteiger partial charge in [0.05, 0.1) is 16.3 Å². The summed E-state index contributed by atoms with van der Waals surface area (Å²) in [6, 6.07) is 4.85. The monoisotopic (exact) mass is 349 g/mol. The Labute approximate surface area is 135 Å². The molecule has 0 bridgehead atoms. The number of halogens is 1. The molecule has 0 aromatic heterocycles. The summed E-state index contributed by atoms with van der Waals surface area (Å²) in [4.78, 5) is 14.9. The molecule has 1 rings (SSSR count). The van der Waals surface area contributed by atoms with Crippen LogP contribution in [0.5, 0.6) is 0 Å². The Kier molecular flexibility index (Phi) is 6.56. The summed E-state index contributed by atoms with van der Waals surface area (Å²) in [7, 11) is -1.54. The van der Waals surface area contributed by atoms with E-state index in [0.717, 1.165) is 4.90 Å². The average Bonchev–Trinajstić information content (AvgIpc) is 2.45. The van der Waals surface area contributed by atoms with Crippen molar-refractivity contribution in [3.63, 3.8) is 0 Å². The molecule has 1 amide bonds. The fraction of sp³-hybridized carbons (Fsp3) is 0.500. The van der Waals surface area contributed by atoms with Crippen molar-refractivity contribution < 1.29 is 13.2 Å². The van der Waals surface area contributed by atoms with Crippen LogP contribution in [-0.4, -0.2) is 50.1 Å². The fourth-order valence-corrected chi connectivity index (χ4v) is 3.62. The molecule has 0 saturated carbocycles. The summed E-state index contributed by atoms with van der Waals surface area (Å²) in [5.74, 6) is -0.247. The van der Waals surface area contributed by atoms with Crippen LogP contribution in [0.25, 0.3) is 0 Å². The molecule has 4 nitrogen and oxygen atoms in total. The Bertz CT molecular complexity index is 617. The number of rotatable bonds is 6. The van der Waals surface area contributed by atoms with Crippen LogP contribution in [0.15, 0.2) is 23.1 Å². The fourth-order valence-electron chi connectivity index (χ4n) is 1.78. The molecule has 0 heterocycles. The molecule has 1 atom stereocenters. The van der Waals surface area contributed by atoms with Gasteiger partial charge in [-0.05, 0) is 31.4 Å². The van der Waals surface area contributed by atoms with Crippen LogP contribution < -0.4 is 0 Å². The third-order valence-electron chi connectivity index (χ3n) is 3.32. The maximum absolute atomic E-state index is 12.5. The van der Waals surface area contributed by atoms with Gasteiger partial charge in [-0.15, -0.1) is 11.8 Å². The number of carbonyl (C=O) groups is 1. The van der Waals surface area contributed by atoms with Gasteiger partial charge in [0.15, 0.2) is 9.84 Å². The van der Waals surface area contributed by atoms with E-state index in [2.05, 4.69) is 0 Å². The third-order valence-corrected chi connectivity index (χ3v) is 6.25. The highest BCUT2D eigenvalue weighted by Gasteiger charge is 2.23.